The van der Waals surface area contributed by atoms with E-state index in [0.717, 1.165) is 37.2 Å². The molecule has 0 spiro atoms. The summed E-state index contributed by atoms with van der Waals surface area (Å²) in [6, 6.07) is 7.85. The molecular weight excluding hydrogens is 328 g/mol. The van der Waals surface area contributed by atoms with Crippen LogP contribution in [0.25, 0.3) is 0 Å². The number of piperidine rings is 1. The van der Waals surface area contributed by atoms with Crippen LogP contribution in [-0.2, 0) is 0 Å². The summed E-state index contributed by atoms with van der Waals surface area (Å²) in [4.78, 5) is 23.2. The fourth-order valence-corrected chi connectivity index (χ4v) is 3.43. The molecule has 1 aliphatic rings. The summed E-state index contributed by atoms with van der Waals surface area (Å²) in [7, 11) is 0. The number of hydrazine groups is 1. The maximum Gasteiger partial charge on any atom is 0.269 e. The minimum absolute atomic E-state index is 0.230. The van der Waals surface area contributed by atoms with Crippen molar-refractivity contribution in [2.24, 2.45) is 0 Å². The van der Waals surface area contributed by atoms with Crippen LogP contribution >= 0.6 is 0 Å². The van der Waals surface area contributed by atoms with Gasteiger partial charge in [0.2, 0.25) is 0 Å². The Morgan fingerprint density at radius 1 is 1.31 bits per heavy atom. The van der Waals surface area contributed by atoms with E-state index in [0.29, 0.717) is 23.1 Å². The Kier molecular flexibility index (Phi) is 5.55. The number of nitrogens with two attached hydrogens (primary N) is 1. The van der Waals surface area contributed by atoms with Gasteiger partial charge in [0, 0.05) is 18.2 Å². The van der Waals surface area contributed by atoms with Gasteiger partial charge >= 0.3 is 0 Å². The molecule has 7 nitrogen and oxygen atoms in total. The Balaban J connectivity index is 1.75. The predicted molar refractivity (Wildman–Crippen MR) is 104 cm³/mol. The highest BCUT2D eigenvalue weighted by Crippen LogP contribution is 2.31. The van der Waals surface area contributed by atoms with Gasteiger partial charge in [-0.05, 0) is 44.2 Å². The normalized spacial score (nSPS) is 17.0. The number of nitrogens with one attached hydrogen (secondary N) is 2. The van der Waals surface area contributed by atoms with Gasteiger partial charge in [-0.3, -0.25) is 15.6 Å². The number of nitrogens with zero attached hydrogens (tertiary/aromatic N) is 3. The van der Waals surface area contributed by atoms with E-state index >= 15 is 0 Å². The number of anilines is 3. The number of carbonyl (C=O) groups excluding carboxylic acids is 1. The molecule has 1 fully saturated rings. The minimum Gasteiger partial charge on any atom is -0.393 e. The van der Waals surface area contributed by atoms with Crippen LogP contribution in [-0.4, -0.2) is 28.5 Å². The highest BCUT2D eigenvalue weighted by Gasteiger charge is 2.25. The molecule has 3 rings (SSSR count). The third-order valence-corrected chi connectivity index (χ3v) is 4.92. The third kappa shape index (κ3) is 3.71. The van der Waals surface area contributed by atoms with Gasteiger partial charge in [-0.15, -0.1) is 0 Å². The molecule has 26 heavy (non-hydrogen) atoms. The van der Waals surface area contributed by atoms with Crippen molar-refractivity contribution in [3.05, 3.63) is 41.7 Å². The molecule has 0 bridgehead atoms. The zero-order valence-corrected chi connectivity index (χ0v) is 15.3. The molecule has 1 saturated heterocycles. The second-order valence-electron chi connectivity index (χ2n) is 6.60. The van der Waals surface area contributed by atoms with Gasteiger partial charge in [0.25, 0.3) is 5.91 Å². The summed E-state index contributed by atoms with van der Waals surface area (Å²) in [6.45, 7) is 5.02. The fraction of sp³-hybridized carbons (Fsp3) is 0.421. The molecule has 2 aromatic rings. The molecule has 4 N–H and O–H groups in total. The molecular formula is C19H26N6O. The lowest BCUT2D eigenvalue weighted by Gasteiger charge is -2.36. The number of amides is 1. The predicted octanol–water partition coefficient (Wildman–Crippen LogP) is 2.89. The van der Waals surface area contributed by atoms with Crippen molar-refractivity contribution in [1.29, 1.82) is 0 Å². The van der Waals surface area contributed by atoms with E-state index in [1.165, 1.54) is 12.7 Å². The van der Waals surface area contributed by atoms with Crippen LogP contribution in [0.2, 0.25) is 0 Å². The molecule has 7 heteroatoms. The molecule has 1 amide bonds. The largest absolute Gasteiger partial charge is 0.393 e. The molecule has 1 aliphatic heterocycles. The number of nitrogen functional groups attached to an aromatic ring is 1. The Morgan fingerprint density at radius 3 is 2.88 bits per heavy atom. The van der Waals surface area contributed by atoms with Crippen molar-refractivity contribution in [3.8, 4) is 0 Å². The quantitative estimate of drug-likeness (QED) is 0.715. The van der Waals surface area contributed by atoms with Crippen LogP contribution in [0.5, 0.6) is 0 Å². The standard InChI is InChI=1S/C19H26N6O/c1-3-14-9-6-7-11-25(14)18-16(20)17(21-12-22-18)23-24-19(26)15-10-5-4-8-13(15)2/h4-5,8,10,12,14H,3,6-7,9,11,20H2,1-2H3,(H,24,26)(H,21,22,23). The third-order valence-electron chi connectivity index (χ3n) is 4.92. The topological polar surface area (TPSA) is 96.2 Å². The minimum atomic E-state index is -0.230. The first-order chi connectivity index (χ1) is 12.6. The Hall–Kier alpha value is -2.83. The number of rotatable bonds is 5. The maximum atomic E-state index is 12.4. The summed E-state index contributed by atoms with van der Waals surface area (Å²) >= 11 is 0. The van der Waals surface area contributed by atoms with Gasteiger partial charge < -0.3 is 10.6 Å². The van der Waals surface area contributed by atoms with Crippen LogP contribution in [0, 0.1) is 6.92 Å². The van der Waals surface area contributed by atoms with Crippen molar-refractivity contribution in [1.82, 2.24) is 15.4 Å². The first kappa shape index (κ1) is 18.0. The van der Waals surface area contributed by atoms with Crippen LogP contribution in [0.4, 0.5) is 17.3 Å². The first-order valence-corrected chi connectivity index (χ1v) is 9.11. The van der Waals surface area contributed by atoms with Crippen LogP contribution in [0.3, 0.4) is 0 Å². The Labute approximate surface area is 154 Å². The molecule has 0 radical (unpaired) electrons. The highest BCUT2D eigenvalue weighted by atomic mass is 16.2. The molecule has 1 aromatic heterocycles. The molecule has 0 saturated carbocycles. The average molecular weight is 354 g/mol. The highest BCUT2D eigenvalue weighted by molar-refractivity contribution is 5.96. The van der Waals surface area contributed by atoms with Crippen molar-refractivity contribution < 1.29 is 4.79 Å². The Morgan fingerprint density at radius 2 is 2.12 bits per heavy atom. The van der Waals surface area contributed by atoms with Crippen LogP contribution in [0.1, 0.15) is 48.5 Å². The first-order valence-electron chi connectivity index (χ1n) is 9.11. The van der Waals surface area contributed by atoms with Gasteiger partial charge in [-0.1, -0.05) is 25.1 Å². The number of aromatic nitrogens is 2. The molecule has 2 heterocycles. The summed E-state index contributed by atoms with van der Waals surface area (Å²) in [5.74, 6) is 0.920. The van der Waals surface area contributed by atoms with Crippen LogP contribution in [0.15, 0.2) is 30.6 Å². The van der Waals surface area contributed by atoms with Crippen molar-refractivity contribution in [2.45, 2.75) is 45.6 Å². The number of aryl methyl sites for hydroxylation is 1. The molecule has 0 aliphatic carbocycles. The maximum absolute atomic E-state index is 12.4. The molecule has 1 aromatic carbocycles. The van der Waals surface area contributed by atoms with Crippen molar-refractivity contribution in [2.75, 3.05) is 22.6 Å². The lowest BCUT2D eigenvalue weighted by Crippen LogP contribution is -2.40. The van der Waals surface area contributed by atoms with Gasteiger partial charge in [-0.25, -0.2) is 9.97 Å². The molecule has 1 atom stereocenters. The second kappa shape index (κ2) is 8.03. The number of benzene rings is 1. The van der Waals surface area contributed by atoms with Crippen LogP contribution < -0.4 is 21.5 Å². The summed E-state index contributed by atoms with van der Waals surface area (Å²) in [5, 5.41) is 0. The lowest BCUT2D eigenvalue weighted by atomic mass is 10.00. The van der Waals surface area contributed by atoms with E-state index in [1.54, 1.807) is 6.07 Å². The van der Waals surface area contributed by atoms with E-state index in [9.17, 15) is 4.79 Å². The summed E-state index contributed by atoms with van der Waals surface area (Å²) < 4.78 is 0. The monoisotopic (exact) mass is 354 g/mol. The lowest BCUT2D eigenvalue weighted by molar-refractivity contribution is 0.0962. The average Bonchev–Trinajstić information content (AvgIpc) is 2.67. The summed E-state index contributed by atoms with van der Waals surface area (Å²) in [6.07, 6.45) is 6.04. The number of hydrogen-bond donors (Lipinski definition) is 3. The zero-order chi connectivity index (χ0) is 18.5. The Bertz CT molecular complexity index is 778. The summed E-state index contributed by atoms with van der Waals surface area (Å²) in [5.41, 5.74) is 13.8. The van der Waals surface area contributed by atoms with E-state index in [-0.39, 0.29) is 5.91 Å². The van der Waals surface area contributed by atoms with Gasteiger partial charge in [0.05, 0.1) is 0 Å². The van der Waals surface area contributed by atoms with E-state index in [4.69, 9.17) is 5.73 Å². The zero-order valence-electron chi connectivity index (χ0n) is 15.3. The van der Waals surface area contributed by atoms with E-state index in [2.05, 4.69) is 32.6 Å². The SMILES string of the molecule is CCC1CCCCN1c1ncnc(NNC(=O)c2ccccc2C)c1N. The smallest absolute Gasteiger partial charge is 0.269 e. The fourth-order valence-electron chi connectivity index (χ4n) is 3.43. The molecule has 138 valence electrons. The van der Waals surface area contributed by atoms with Gasteiger partial charge in [0.1, 0.15) is 12.0 Å². The molecule has 1 unspecified atom stereocenters. The van der Waals surface area contributed by atoms with E-state index in [1.807, 2.05) is 25.1 Å². The van der Waals surface area contributed by atoms with Crippen molar-refractivity contribution in [3.63, 3.8) is 0 Å². The van der Waals surface area contributed by atoms with Gasteiger partial charge in [-0.2, -0.15) is 0 Å². The van der Waals surface area contributed by atoms with Gasteiger partial charge in [0.15, 0.2) is 11.6 Å². The number of carbonyl (C=O) groups is 1. The van der Waals surface area contributed by atoms with Crippen molar-refractivity contribution >= 4 is 23.2 Å². The number of hydrogen-bond acceptors (Lipinski definition) is 6. The van der Waals surface area contributed by atoms with E-state index < -0.39 is 0 Å². The second-order valence-corrected chi connectivity index (χ2v) is 6.60.